The van der Waals surface area contributed by atoms with Crippen LogP contribution < -0.4 is 9.79 Å². The van der Waals surface area contributed by atoms with Gasteiger partial charge in [0, 0.05) is 0 Å². The first-order valence-electron chi connectivity index (χ1n) is 9.73. The molecule has 0 bridgehead atoms. The monoisotopic (exact) mass is 455 g/mol. The Morgan fingerprint density at radius 3 is 1.21 bits per heavy atom. The van der Waals surface area contributed by atoms with Crippen molar-refractivity contribution < 1.29 is 41.3 Å². The summed E-state index contributed by atoms with van der Waals surface area (Å²) in [6.45, 7) is 2.30. The Bertz CT molecular complexity index is 284. The van der Waals surface area contributed by atoms with Gasteiger partial charge in [0.15, 0.2) is 0 Å². The van der Waals surface area contributed by atoms with Gasteiger partial charge < -0.3 is 18.9 Å². The molecule has 0 fully saturated rings. The summed E-state index contributed by atoms with van der Waals surface area (Å²) in [5, 5.41) is 0. The topological polar surface area (TPSA) is 72.4 Å². The average molecular weight is 456 g/mol. The molecule has 0 aromatic carbocycles. The van der Waals surface area contributed by atoms with Gasteiger partial charge in [-0.1, -0.05) is 103 Å². The molecule has 6 heteroatoms. The molecule has 24 heavy (non-hydrogen) atoms. The van der Waals surface area contributed by atoms with Gasteiger partial charge in [-0.05, 0) is 6.42 Å². The molecule has 0 amide bonds. The fourth-order valence-electron chi connectivity index (χ4n) is 2.83. The van der Waals surface area contributed by atoms with Gasteiger partial charge in [0.2, 0.25) is 0 Å². The van der Waals surface area contributed by atoms with Crippen LogP contribution in [0.1, 0.15) is 110 Å². The zero-order valence-corrected chi connectivity index (χ0v) is 17.8. The van der Waals surface area contributed by atoms with E-state index in [1.807, 2.05) is 0 Å². The maximum Gasteiger partial charge on any atom is 2.00 e. The molecule has 0 saturated heterocycles. The molecule has 0 saturated carbocycles. The van der Waals surface area contributed by atoms with Crippen molar-refractivity contribution in [1.82, 2.24) is 0 Å². The first-order valence-corrected chi connectivity index (χ1v) is 11.2. The Morgan fingerprint density at radius 2 is 0.917 bits per heavy atom. The van der Waals surface area contributed by atoms with Gasteiger partial charge in [-0.25, -0.2) is 0 Å². The van der Waals surface area contributed by atoms with E-state index in [0.717, 1.165) is 12.8 Å². The Kier molecular flexibility index (Phi) is 22.7. The molecular weight excluding hydrogens is 419 g/mol. The summed E-state index contributed by atoms with van der Waals surface area (Å²) in [5.41, 5.74) is 0. The summed E-state index contributed by atoms with van der Waals surface area (Å²) >= 11 is 0. The Balaban J connectivity index is 0. The van der Waals surface area contributed by atoms with Crippen LogP contribution in [0.4, 0.5) is 0 Å². The van der Waals surface area contributed by atoms with Crippen molar-refractivity contribution in [3.8, 4) is 0 Å². The minimum absolute atomic E-state index is 0. The third kappa shape index (κ3) is 25.1. The van der Waals surface area contributed by atoms with Crippen LogP contribution in [-0.2, 0) is 31.5 Å². The van der Waals surface area contributed by atoms with E-state index >= 15 is 0 Å². The van der Waals surface area contributed by atoms with E-state index in [1.165, 1.54) is 83.5 Å². The van der Waals surface area contributed by atoms with Gasteiger partial charge >= 0.3 is 22.4 Å². The maximum atomic E-state index is 10.2. The van der Waals surface area contributed by atoms with Crippen molar-refractivity contribution >= 4 is 7.82 Å². The van der Waals surface area contributed by atoms with E-state index < -0.39 is 7.82 Å². The summed E-state index contributed by atoms with van der Waals surface area (Å²) in [4.78, 5) is 20.5. The molecule has 0 aliphatic rings. The molecule has 0 aliphatic carbocycles. The van der Waals surface area contributed by atoms with Gasteiger partial charge in [0.25, 0.3) is 0 Å². The molecule has 149 valence electrons. The molecular formula is C18H37AgO4P. The maximum absolute atomic E-state index is 10.2. The molecule has 0 N–H and O–H groups in total. The Morgan fingerprint density at radius 1 is 0.625 bits per heavy atom. The van der Waals surface area contributed by atoms with Crippen LogP contribution in [0.3, 0.4) is 0 Å². The van der Waals surface area contributed by atoms with Crippen LogP contribution in [0.2, 0.25) is 0 Å². The second-order valence-corrected chi connectivity index (χ2v) is 7.74. The zero-order chi connectivity index (χ0) is 17.2. The fraction of sp³-hybridized carbons (Fsp3) is 1.00. The number of phosphoric acid groups is 1. The zero-order valence-electron chi connectivity index (χ0n) is 15.4. The van der Waals surface area contributed by atoms with Crippen LogP contribution in [0, 0.1) is 0 Å². The summed E-state index contributed by atoms with van der Waals surface area (Å²) in [6.07, 6.45) is 20.3. The normalized spacial score (nSPS) is 11.5. The molecule has 4 nitrogen and oxygen atoms in total. The number of hydrogen-bond acceptors (Lipinski definition) is 4. The number of unbranched alkanes of at least 4 members (excludes halogenated alkanes) is 15. The summed E-state index contributed by atoms with van der Waals surface area (Å²) in [5.74, 6) is 0. The molecule has 0 spiro atoms. The number of rotatable bonds is 18. The second kappa shape index (κ2) is 20.2. The number of phosphoric ester groups is 1. The van der Waals surface area contributed by atoms with Gasteiger partial charge in [-0.2, -0.15) is 0 Å². The van der Waals surface area contributed by atoms with Crippen molar-refractivity contribution in [2.45, 2.75) is 110 Å². The first kappa shape index (κ1) is 27.1. The molecule has 0 atom stereocenters. The van der Waals surface area contributed by atoms with E-state index in [2.05, 4.69) is 11.4 Å². The predicted molar refractivity (Wildman–Crippen MR) is 93.1 cm³/mol. The van der Waals surface area contributed by atoms with Gasteiger partial charge in [0.05, 0.1) is 14.4 Å². The van der Waals surface area contributed by atoms with Crippen LogP contribution in [0.15, 0.2) is 0 Å². The van der Waals surface area contributed by atoms with Crippen molar-refractivity contribution in [3.63, 3.8) is 0 Å². The van der Waals surface area contributed by atoms with Crippen molar-refractivity contribution in [2.75, 3.05) is 6.61 Å². The van der Waals surface area contributed by atoms with Gasteiger partial charge in [-0.15, -0.1) is 0 Å². The molecule has 0 unspecified atom stereocenters. The van der Waals surface area contributed by atoms with E-state index in [1.54, 1.807) is 0 Å². The molecule has 0 heterocycles. The third-order valence-corrected chi connectivity index (χ3v) is 4.75. The molecule has 1 radical (unpaired) electrons. The quantitative estimate of drug-likeness (QED) is 0.164. The van der Waals surface area contributed by atoms with Crippen LogP contribution in [-0.4, -0.2) is 6.61 Å². The van der Waals surface area contributed by atoms with Crippen LogP contribution in [0.25, 0.3) is 0 Å². The van der Waals surface area contributed by atoms with Crippen molar-refractivity contribution in [3.05, 3.63) is 0 Å². The van der Waals surface area contributed by atoms with Gasteiger partial charge in [0.1, 0.15) is 0 Å². The standard InChI is InChI=1S/C18H39O4P.Ag/c1-2-3-4-5-6-7-8-9-10-11-12-13-14-15-16-17-18-22-23(19,20)21;/h2-18H2,1H3,(H2,19,20,21);/q;+2/p-2. The molecule has 0 aromatic heterocycles. The molecule has 0 aliphatic heterocycles. The van der Waals surface area contributed by atoms with E-state index in [9.17, 15) is 14.4 Å². The molecule has 0 aromatic rings. The first-order chi connectivity index (χ1) is 11.1. The van der Waals surface area contributed by atoms with E-state index in [4.69, 9.17) is 0 Å². The summed E-state index contributed by atoms with van der Waals surface area (Å²) in [7, 11) is -4.76. The average Bonchev–Trinajstić information content (AvgIpc) is 2.49. The Hall–Kier alpha value is 0.850. The van der Waals surface area contributed by atoms with E-state index in [-0.39, 0.29) is 29.0 Å². The van der Waals surface area contributed by atoms with Crippen LogP contribution >= 0.6 is 7.82 Å². The number of hydrogen-bond donors (Lipinski definition) is 0. The molecule has 0 rings (SSSR count). The minimum Gasteiger partial charge on any atom is -0.790 e. The largest absolute Gasteiger partial charge is 2.00 e. The summed E-state index contributed by atoms with van der Waals surface area (Å²) < 4.78 is 14.4. The predicted octanol–water partition coefficient (Wildman–Crippen LogP) is 5.09. The van der Waals surface area contributed by atoms with E-state index in [0.29, 0.717) is 6.42 Å². The Labute approximate surface area is 165 Å². The SMILES string of the molecule is CCCCCCCCCCCCCCCCCCOP(=O)([O-])[O-].[Ag+2]. The smallest absolute Gasteiger partial charge is 0.790 e. The third-order valence-electron chi connectivity index (χ3n) is 4.25. The van der Waals surface area contributed by atoms with Crippen molar-refractivity contribution in [1.29, 1.82) is 0 Å². The minimum atomic E-state index is -4.76. The van der Waals surface area contributed by atoms with Crippen molar-refractivity contribution in [2.24, 2.45) is 0 Å². The summed E-state index contributed by atoms with van der Waals surface area (Å²) in [6, 6.07) is 0. The second-order valence-electron chi connectivity index (χ2n) is 6.58. The fourth-order valence-corrected chi connectivity index (χ4v) is 3.18. The van der Waals surface area contributed by atoms with Gasteiger partial charge in [-0.3, -0.25) is 0 Å². The van der Waals surface area contributed by atoms with Crippen LogP contribution in [0.5, 0.6) is 0 Å².